The molecule has 0 aliphatic carbocycles. The van der Waals surface area contributed by atoms with Crippen molar-refractivity contribution in [2.45, 2.75) is 45.6 Å². The normalized spacial score (nSPS) is 18.0. The van der Waals surface area contributed by atoms with Gasteiger partial charge < -0.3 is 14.6 Å². The molecule has 1 N–H and O–H groups in total. The number of rotatable bonds is 4. The van der Waals surface area contributed by atoms with Crippen molar-refractivity contribution in [1.29, 1.82) is 0 Å². The van der Waals surface area contributed by atoms with E-state index in [4.69, 9.17) is 0 Å². The molecule has 1 unspecified atom stereocenters. The second-order valence-electron chi connectivity index (χ2n) is 6.47. The molecule has 0 spiro atoms. The van der Waals surface area contributed by atoms with Gasteiger partial charge in [-0.2, -0.15) is 0 Å². The van der Waals surface area contributed by atoms with Crippen LogP contribution in [-0.2, 0) is 0 Å². The van der Waals surface area contributed by atoms with Crippen molar-refractivity contribution in [2.75, 3.05) is 13.2 Å². The number of carbonyl (C=O) groups excluding carboxylic acids is 1. The summed E-state index contributed by atoms with van der Waals surface area (Å²) in [6.07, 6.45) is 5.56. The first-order valence-corrected chi connectivity index (χ1v) is 8.65. The van der Waals surface area contributed by atoms with Crippen LogP contribution in [0.25, 0.3) is 5.82 Å². The molecule has 24 heavy (non-hydrogen) atoms. The average Bonchev–Trinajstić information content (AvgIpc) is 2.90. The Morgan fingerprint density at radius 2 is 2.17 bits per heavy atom. The van der Waals surface area contributed by atoms with E-state index in [-0.39, 0.29) is 18.6 Å². The molecule has 2 aromatic heterocycles. The fraction of sp³-hybridized carbons (Fsp3) is 0.474. The molecule has 2 aromatic rings. The third-order valence-electron chi connectivity index (χ3n) is 4.89. The van der Waals surface area contributed by atoms with Gasteiger partial charge in [-0.15, -0.1) is 0 Å². The van der Waals surface area contributed by atoms with Crippen LogP contribution in [-0.4, -0.2) is 44.7 Å². The molecule has 5 heteroatoms. The summed E-state index contributed by atoms with van der Waals surface area (Å²) in [5.41, 5.74) is 2.66. The highest BCUT2D eigenvalue weighted by Gasteiger charge is 2.29. The van der Waals surface area contributed by atoms with E-state index in [9.17, 15) is 9.90 Å². The Morgan fingerprint density at radius 3 is 2.88 bits per heavy atom. The predicted octanol–water partition coefficient (Wildman–Crippen LogP) is 2.87. The van der Waals surface area contributed by atoms with Gasteiger partial charge in [-0.1, -0.05) is 6.07 Å². The minimum Gasteiger partial charge on any atom is -0.396 e. The Hall–Kier alpha value is -2.14. The van der Waals surface area contributed by atoms with E-state index in [1.807, 2.05) is 47.6 Å². The predicted molar refractivity (Wildman–Crippen MR) is 93.4 cm³/mol. The van der Waals surface area contributed by atoms with Crippen LogP contribution in [0.5, 0.6) is 0 Å². The van der Waals surface area contributed by atoms with Crippen LogP contribution in [0.3, 0.4) is 0 Å². The second-order valence-corrected chi connectivity index (χ2v) is 6.47. The van der Waals surface area contributed by atoms with Gasteiger partial charge in [0, 0.05) is 36.8 Å². The summed E-state index contributed by atoms with van der Waals surface area (Å²) >= 11 is 0. The number of aryl methyl sites for hydroxylation is 1. The van der Waals surface area contributed by atoms with Gasteiger partial charge >= 0.3 is 0 Å². The van der Waals surface area contributed by atoms with E-state index in [1.165, 1.54) is 0 Å². The maximum Gasteiger partial charge on any atom is 0.255 e. The number of aromatic nitrogens is 2. The number of carbonyl (C=O) groups is 1. The highest BCUT2D eigenvalue weighted by molar-refractivity contribution is 5.96. The highest BCUT2D eigenvalue weighted by atomic mass is 16.3. The van der Waals surface area contributed by atoms with Crippen LogP contribution in [0.1, 0.15) is 47.4 Å². The summed E-state index contributed by atoms with van der Waals surface area (Å²) in [6, 6.07) is 7.89. The lowest BCUT2D eigenvalue weighted by atomic mass is 9.98. The lowest BCUT2D eigenvalue weighted by Crippen LogP contribution is -2.44. The molecule has 1 aliphatic rings. The summed E-state index contributed by atoms with van der Waals surface area (Å²) in [5.74, 6) is 0.903. The Labute approximate surface area is 142 Å². The summed E-state index contributed by atoms with van der Waals surface area (Å²) in [7, 11) is 0. The molecule has 1 fully saturated rings. The Bertz CT molecular complexity index is 707. The van der Waals surface area contributed by atoms with E-state index in [1.54, 1.807) is 6.20 Å². The van der Waals surface area contributed by atoms with E-state index in [2.05, 4.69) is 4.98 Å². The van der Waals surface area contributed by atoms with Gasteiger partial charge in [-0.3, -0.25) is 4.79 Å². The molecular weight excluding hydrogens is 302 g/mol. The molecule has 0 aromatic carbocycles. The third-order valence-corrected chi connectivity index (χ3v) is 4.89. The van der Waals surface area contributed by atoms with Gasteiger partial charge in [0.2, 0.25) is 0 Å². The van der Waals surface area contributed by atoms with E-state index >= 15 is 0 Å². The molecule has 1 aliphatic heterocycles. The van der Waals surface area contributed by atoms with Crippen molar-refractivity contribution in [3.63, 3.8) is 0 Å². The summed E-state index contributed by atoms with van der Waals surface area (Å²) < 4.78 is 2.03. The maximum atomic E-state index is 13.1. The first-order valence-electron chi connectivity index (χ1n) is 8.65. The summed E-state index contributed by atoms with van der Waals surface area (Å²) in [4.78, 5) is 19.5. The second kappa shape index (κ2) is 7.18. The van der Waals surface area contributed by atoms with Crippen LogP contribution in [0, 0.1) is 13.8 Å². The van der Waals surface area contributed by atoms with Crippen molar-refractivity contribution in [2.24, 2.45) is 0 Å². The maximum absolute atomic E-state index is 13.1. The van der Waals surface area contributed by atoms with Crippen LogP contribution in [0.2, 0.25) is 0 Å². The molecule has 0 saturated carbocycles. The van der Waals surface area contributed by atoms with Crippen molar-refractivity contribution in [3.8, 4) is 5.82 Å². The van der Waals surface area contributed by atoms with E-state index in [0.717, 1.165) is 48.6 Å². The van der Waals surface area contributed by atoms with Crippen molar-refractivity contribution in [1.82, 2.24) is 14.5 Å². The molecule has 1 atom stereocenters. The molecular formula is C19H25N3O2. The smallest absolute Gasteiger partial charge is 0.255 e. The third kappa shape index (κ3) is 3.08. The van der Waals surface area contributed by atoms with Crippen molar-refractivity contribution >= 4 is 5.91 Å². The number of pyridine rings is 1. The molecule has 5 nitrogen and oxygen atoms in total. The molecule has 0 radical (unpaired) electrons. The average molecular weight is 327 g/mol. The SMILES string of the molecule is Cc1cc(C(=O)N2CCCCC2CCO)c(C)n1-c1ccccn1. The molecule has 3 rings (SSSR count). The van der Waals surface area contributed by atoms with Gasteiger partial charge in [0.05, 0.1) is 5.56 Å². The standard InChI is InChI=1S/C19H25N3O2/c1-14-13-17(15(2)22(14)18-8-3-5-10-20-18)19(24)21-11-6-4-7-16(21)9-12-23/h3,5,8,10,13,16,23H,4,6-7,9,11-12H2,1-2H3. The number of hydrogen-bond donors (Lipinski definition) is 1. The van der Waals surface area contributed by atoms with Crippen molar-refractivity contribution in [3.05, 3.63) is 47.4 Å². The van der Waals surface area contributed by atoms with Gasteiger partial charge in [0.15, 0.2) is 0 Å². The lowest BCUT2D eigenvalue weighted by Gasteiger charge is -2.35. The van der Waals surface area contributed by atoms with E-state index in [0.29, 0.717) is 6.42 Å². The minimum atomic E-state index is 0.0726. The van der Waals surface area contributed by atoms with Crippen molar-refractivity contribution < 1.29 is 9.90 Å². The Balaban J connectivity index is 1.93. The minimum absolute atomic E-state index is 0.0726. The zero-order valence-electron chi connectivity index (χ0n) is 14.4. The number of aliphatic hydroxyl groups excluding tert-OH is 1. The molecule has 3 heterocycles. The number of hydrogen-bond acceptors (Lipinski definition) is 3. The van der Waals surface area contributed by atoms with Gasteiger partial charge in [0.25, 0.3) is 5.91 Å². The number of likely N-dealkylation sites (tertiary alicyclic amines) is 1. The van der Waals surface area contributed by atoms with Gasteiger partial charge in [-0.25, -0.2) is 4.98 Å². The van der Waals surface area contributed by atoms with Gasteiger partial charge in [0.1, 0.15) is 5.82 Å². The van der Waals surface area contributed by atoms with Crippen LogP contribution in [0.15, 0.2) is 30.5 Å². The summed E-state index contributed by atoms with van der Waals surface area (Å²) in [6.45, 7) is 4.87. The topological polar surface area (TPSA) is 58.4 Å². The quantitative estimate of drug-likeness (QED) is 0.939. The zero-order valence-corrected chi connectivity index (χ0v) is 14.4. The number of aliphatic hydroxyl groups is 1. The molecule has 128 valence electrons. The Morgan fingerprint density at radius 1 is 1.33 bits per heavy atom. The zero-order chi connectivity index (χ0) is 17.1. The Kier molecular flexibility index (Phi) is 5.00. The number of amides is 1. The number of piperidine rings is 1. The van der Waals surface area contributed by atoms with Crippen LogP contribution in [0.4, 0.5) is 0 Å². The first kappa shape index (κ1) is 16.7. The fourth-order valence-electron chi connectivity index (χ4n) is 3.69. The molecule has 1 amide bonds. The monoisotopic (exact) mass is 327 g/mol. The fourth-order valence-corrected chi connectivity index (χ4v) is 3.69. The van der Waals surface area contributed by atoms with E-state index < -0.39 is 0 Å². The molecule has 1 saturated heterocycles. The molecule has 0 bridgehead atoms. The van der Waals surface area contributed by atoms with Gasteiger partial charge in [-0.05, 0) is 57.7 Å². The van der Waals surface area contributed by atoms with Crippen LogP contribution < -0.4 is 0 Å². The lowest BCUT2D eigenvalue weighted by molar-refractivity contribution is 0.0574. The highest BCUT2D eigenvalue weighted by Crippen LogP contribution is 2.25. The van der Waals surface area contributed by atoms with Crippen LogP contribution >= 0.6 is 0 Å². The largest absolute Gasteiger partial charge is 0.396 e. The first-order chi connectivity index (χ1) is 11.6. The summed E-state index contributed by atoms with van der Waals surface area (Å²) in [5, 5.41) is 9.29. The number of nitrogens with zero attached hydrogens (tertiary/aromatic N) is 3.